The summed E-state index contributed by atoms with van der Waals surface area (Å²) in [5.41, 5.74) is 10.4. The lowest BCUT2D eigenvalue weighted by atomic mass is 10.0. The molecular weight excluding hydrogens is 196 g/mol. The SMILES string of the molecule is C=C(C)C(N)=O.CCC(C)C(N)C(=O)O. The molecule has 0 spiro atoms. The second kappa shape index (κ2) is 7.99. The van der Waals surface area contributed by atoms with Crippen LogP contribution in [-0.2, 0) is 9.59 Å². The van der Waals surface area contributed by atoms with E-state index < -0.39 is 17.9 Å². The lowest BCUT2D eigenvalue weighted by Crippen LogP contribution is -2.36. The summed E-state index contributed by atoms with van der Waals surface area (Å²) in [4.78, 5) is 20.0. The van der Waals surface area contributed by atoms with Crippen molar-refractivity contribution in [2.45, 2.75) is 33.2 Å². The van der Waals surface area contributed by atoms with E-state index in [0.29, 0.717) is 5.57 Å². The van der Waals surface area contributed by atoms with E-state index in [1.165, 1.54) is 0 Å². The molecule has 0 saturated carbocycles. The highest BCUT2D eigenvalue weighted by Gasteiger charge is 2.17. The first-order valence-electron chi connectivity index (χ1n) is 4.67. The summed E-state index contributed by atoms with van der Waals surface area (Å²) in [5.74, 6) is -1.28. The van der Waals surface area contributed by atoms with Crippen molar-refractivity contribution in [2.24, 2.45) is 17.4 Å². The fourth-order valence-corrected chi connectivity index (χ4v) is 0.497. The molecule has 0 radical (unpaired) electrons. The van der Waals surface area contributed by atoms with Crippen molar-refractivity contribution in [1.82, 2.24) is 0 Å². The van der Waals surface area contributed by atoms with Crippen molar-refractivity contribution < 1.29 is 14.7 Å². The zero-order valence-corrected chi connectivity index (χ0v) is 9.49. The van der Waals surface area contributed by atoms with E-state index in [2.05, 4.69) is 6.58 Å². The zero-order chi connectivity index (χ0) is 12.6. The largest absolute Gasteiger partial charge is 0.480 e. The summed E-state index contributed by atoms with van der Waals surface area (Å²) in [6, 6.07) is -0.699. The first kappa shape index (κ1) is 16.1. The van der Waals surface area contributed by atoms with Gasteiger partial charge in [-0.15, -0.1) is 0 Å². The summed E-state index contributed by atoms with van der Waals surface area (Å²) in [5, 5.41) is 8.36. The Balaban J connectivity index is 0. The van der Waals surface area contributed by atoms with Crippen molar-refractivity contribution >= 4 is 11.9 Å². The van der Waals surface area contributed by atoms with Gasteiger partial charge in [-0.3, -0.25) is 9.59 Å². The maximum absolute atomic E-state index is 10.2. The van der Waals surface area contributed by atoms with Crippen molar-refractivity contribution in [3.63, 3.8) is 0 Å². The van der Waals surface area contributed by atoms with Crippen LogP contribution in [0.15, 0.2) is 12.2 Å². The Hall–Kier alpha value is -1.36. The third-order valence-electron chi connectivity index (χ3n) is 1.96. The van der Waals surface area contributed by atoms with E-state index in [9.17, 15) is 9.59 Å². The van der Waals surface area contributed by atoms with Gasteiger partial charge in [0.05, 0.1) is 0 Å². The minimum absolute atomic E-state index is 0.0718. The van der Waals surface area contributed by atoms with E-state index in [4.69, 9.17) is 16.6 Å². The molecule has 0 aromatic heterocycles. The zero-order valence-electron chi connectivity index (χ0n) is 9.49. The van der Waals surface area contributed by atoms with Gasteiger partial charge in [0.15, 0.2) is 0 Å². The van der Waals surface area contributed by atoms with Crippen LogP contribution in [0.2, 0.25) is 0 Å². The van der Waals surface area contributed by atoms with Crippen LogP contribution in [0.1, 0.15) is 27.2 Å². The summed E-state index contributed by atoms with van der Waals surface area (Å²) in [6.45, 7) is 8.61. The normalized spacial score (nSPS) is 13.1. The number of rotatable bonds is 4. The summed E-state index contributed by atoms with van der Waals surface area (Å²) < 4.78 is 0. The van der Waals surface area contributed by atoms with Gasteiger partial charge in [0.2, 0.25) is 5.91 Å². The van der Waals surface area contributed by atoms with Gasteiger partial charge >= 0.3 is 5.97 Å². The van der Waals surface area contributed by atoms with Crippen LogP contribution < -0.4 is 11.5 Å². The maximum atomic E-state index is 10.2. The van der Waals surface area contributed by atoms with Crippen LogP contribution in [0.25, 0.3) is 0 Å². The smallest absolute Gasteiger partial charge is 0.320 e. The average Bonchev–Trinajstić information content (AvgIpc) is 2.16. The number of carboxylic acids is 1. The highest BCUT2D eigenvalue weighted by Crippen LogP contribution is 2.04. The second-order valence-corrected chi connectivity index (χ2v) is 3.39. The molecule has 0 aliphatic rings. The molecule has 2 atom stereocenters. The molecule has 15 heavy (non-hydrogen) atoms. The van der Waals surface area contributed by atoms with E-state index in [0.717, 1.165) is 6.42 Å². The summed E-state index contributed by atoms with van der Waals surface area (Å²) >= 11 is 0. The Bertz CT molecular complexity index is 227. The molecule has 0 saturated heterocycles. The van der Waals surface area contributed by atoms with Gasteiger partial charge in [-0.05, 0) is 12.8 Å². The highest BCUT2D eigenvalue weighted by atomic mass is 16.4. The van der Waals surface area contributed by atoms with Gasteiger partial charge in [0.1, 0.15) is 6.04 Å². The molecule has 88 valence electrons. The molecular formula is C10H20N2O3. The van der Waals surface area contributed by atoms with Crippen molar-refractivity contribution in [3.8, 4) is 0 Å². The van der Waals surface area contributed by atoms with Crippen LogP contribution >= 0.6 is 0 Å². The molecule has 0 fully saturated rings. The molecule has 5 nitrogen and oxygen atoms in total. The topological polar surface area (TPSA) is 106 Å². The van der Waals surface area contributed by atoms with E-state index in [-0.39, 0.29) is 5.92 Å². The highest BCUT2D eigenvalue weighted by molar-refractivity contribution is 5.90. The Labute approximate surface area is 90.1 Å². The second-order valence-electron chi connectivity index (χ2n) is 3.39. The number of hydrogen-bond acceptors (Lipinski definition) is 3. The van der Waals surface area contributed by atoms with Crippen molar-refractivity contribution in [3.05, 3.63) is 12.2 Å². The average molecular weight is 216 g/mol. The number of hydrogen-bond donors (Lipinski definition) is 3. The molecule has 0 rings (SSSR count). The van der Waals surface area contributed by atoms with Crippen LogP contribution in [0.4, 0.5) is 0 Å². The molecule has 5 heteroatoms. The van der Waals surface area contributed by atoms with E-state index in [1.807, 2.05) is 13.8 Å². The molecule has 0 bridgehead atoms. The van der Waals surface area contributed by atoms with Crippen LogP contribution in [0.3, 0.4) is 0 Å². The Morgan fingerprint density at radius 2 is 1.80 bits per heavy atom. The molecule has 0 aromatic rings. The van der Waals surface area contributed by atoms with Gasteiger partial charge in [0, 0.05) is 5.57 Å². The monoisotopic (exact) mass is 216 g/mol. The number of carboxylic acid groups (broad SMARTS) is 1. The summed E-state index contributed by atoms with van der Waals surface area (Å²) in [6.07, 6.45) is 0.813. The molecule has 0 aliphatic carbocycles. The number of aliphatic carboxylic acids is 1. The van der Waals surface area contributed by atoms with Crippen molar-refractivity contribution in [1.29, 1.82) is 0 Å². The number of carbonyl (C=O) groups excluding carboxylic acids is 1. The summed E-state index contributed by atoms with van der Waals surface area (Å²) in [7, 11) is 0. The standard InChI is InChI=1S/C6H13NO2.C4H7NO/c1-3-4(2)5(7)6(8)9;1-3(2)4(5)6/h4-5H,3,7H2,1-2H3,(H,8,9);1H2,2H3,(H2,5,6). The van der Waals surface area contributed by atoms with Crippen LogP contribution in [-0.4, -0.2) is 23.0 Å². The third kappa shape index (κ3) is 8.96. The minimum atomic E-state index is -0.913. The molecule has 0 aromatic carbocycles. The predicted molar refractivity (Wildman–Crippen MR) is 59.1 cm³/mol. The molecule has 5 N–H and O–H groups in total. The first-order valence-corrected chi connectivity index (χ1v) is 4.67. The molecule has 0 heterocycles. The number of carbonyl (C=O) groups is 2. The Kier molecular flexibility index (Phi) is 8.57. The Morgan fingerprint density at radius 1 is 1.47 bits per heavy atom. The fraction of sp³-hybridized carbons (Fsp3) is 0.600. The maximum Gasteiger partial charge on any atom is 0.320 e. The lowest BCUT2D eigenvalue weighted by molar-refractivity contribution is -0.139. The van der Waals surface area contributed by atoms with Crippen LogP contribution in [0, 0.1) is 5.92 Å². The van der Waals surface area contributed by atoms with Gasteiger partial charge in [0.25, 0.3) is 0 Å². The first-order chi connectivity index (χ1) is 6.73. The third-order valence-corrected chi connectivity index (χ3v) is 1.96. The van der Waals surface area contributed by atoms with E-state index >= 15 is 0 Å². The van der Waals surface area contributed by atoms with Crippen molar-refractivity contribution in [2.75, 3.05) is 0 Å². The van der Waals surface area contributed by atoms with Gasteiger partial charge in [-0.25, -0.2) is 0 Å². The molecule has 2 unspecified atom stereocenters. The van der Waals surface area contributed by atoms with Gasteiger partial charge in [-0.1, -0.05) is 26.8 Å². The van der Waals surface area contributed by atoms with Gasteiger partial charge in [-0.2, -0.15) is 0 Å². The number of amides is 1. The number of primary amides is 1. The Morgan fingerprint density at radius 3 is 1.87 bits per heavy atom. The quantitative estimate of drug-likeness (QED) is 0.594. The number of nitrogens with two attached hydrogens (primary N) is 2. The fourth-order valence-electron chi connectivity index (χ4n) is 0.497. The predicted octanol–water partition coefficient (Wildman–Crippen LogP) is 0.492. The molecule has 1 amide bonds. The minimum Gasteiger partial charge on any atom is -0.480 e. The lowest BCUT2D eigenvalue weighted by Gasteiger charge is -2.11. The van der Waals surface area contributed by atoms with Crippen LogP contribution in [0.5, 0.6) is 0 Å². The molecule has 0 aliphatic heterocycles. The van der Waals surface area contributed by atoms with E-state index in [1.54, 1.807) is 6.92 Å². The van der Waals surface area contributed by atoms with Gasteiger partial charge < -0.3 is 16.6 Å².